The second-order valence-corrected chi connectivity index (χ2v) is 6.29. The number of rotatable bonds is 5. The van der Waals surface area contributed by atoms with Gasteiger partial charge in [0.15, 0.2) is 11.6 Å². The van der Waals surface area contributed by atoms with Gasteiger partial charge in [0.25, 0.3) is 0 Å². The molecule has 1 aliphatic carbocycles. The molecule has 1 N–H and O–H groups in total. The number of hydrogen-bond donors (Lipinski definition) is 1. The van der Waals surface area contributed by atoms with Crippen LogP contribution in [0.2, 0.25) is 0 Å². The first kappa shape index (κ1) is 14.5. The van der Waals surface area contributed by atoms with Gasteiger partial charge >= 0.3 is 0 Å². The van der Waals surface area contributed by atoms with E-state index in [1.165, 1.54) is 18.9 Å². The van der Waals surface area contributed by atoms with E-state index in [2.05, 4.69) is 21.2 Å². The topological polar surface area (TPSA) is 21.3 Å². The molecule has 3 rings (SSSR count). The number of aryl methyl sites for hydroxylation is 1. The quantitative estimate of drug-likeness (QED) is 0.825. The third-order valence-corrected chi connectivity index (χ3v) is 4.42. The molecule has 4 heteroatoms. The van der Waals surface area contributed by atoms with Gasteiger partial charge in [0.2, 0.25) is 0 Å². The summed E-state index contributed by atoms with van der Waals surface area (Å²) in [5, 5.41) is 3.37. The number of benzene rings is 2. The second-order valence-electron chi connectivity index (χ2n) is 5.43. The summed E-state index contributed by atoms with van der Waals surface area (Å²) in [6, 6.07) is 11.4. The largest absolute Gasteiger partial charge is 0.454 e. The molecule has 0 amide bonds. The molecule has 0 atom stereocenters. The number of ether oxygens (including phenoxy) is 1. The molecule has 0 spiro atoms. The first-order chi connectivity index (χ1) is 10.1. The predicted molar refractivity (Wildman–Crippen MR) is 85.2 cm³/mol. The number of halogens is 2. The van der Waals surface area contributed by atoms with Crippen LogP contribution >= 0.6 is 15.9 Å². The minimum absolute atomic E-state index is 0.256. The Morgan fingerprint density at radius 3 is 2.71 bits per heavy atom. The number of nitrogens with one attached hydrogen (secondary N) is 1. The Bertz CT molecular complexity index is 655. The van der Waals surface area contributed by atoms with Crippen molar-refractivity contribution in [3.8, 4) is 11.5 Å². The van der Waals surface area contributed by atoms with Crippen molar-refractivity contribution in [1.82, 2.24) is 5.32 Å². The first-order valence-corrected chi connectivity index (χ1v) is 7.87. The lowest BCUT2D eigenvalue weighted by atomic mass is 10.2. The molecular weight excluding hydrogens is 333 g/mol. The van der Waals surface area contributed by atoms with Crippen LogP contribution < -0.4 is 10.1 Å². The Hall–Kier alpha value is -1.39. The van der Waals surface area contributed by atoms with Gasteiger partial charge in [-0.15, -0.1) is 0 Å². The van der Waals surface area contributed by atoms with Crippen molar-refractivity contribution in [3.63, 3.8) is 0 Å². The standard InChI is InChI=1S/C17H17BrFNO/c1-11-8-14(5-6-15(11)18)21-17-7-2-12(9-16(17)19)10-20-13-3-4-13/h2,5-9,13,20H,3-4,10H2,1H3. The van der Waals surface area contributed by atoms with Crippen LogP contribution in [0.5, 0.6) is 11.5 Å². The van der Waals surface area contributed by atoms with Gasteiger partial charge in [-0.25, -0.2) is 4.39 Å². The van der Waals surface area contributed by atoms with E-state index >= 15 is 0 Å². The molecular formula is C17H17BrFNO. The van der Waals surface area contributed by atoms with Crippen LogP contribution in [0, 0.1) is 12.7 Å². The lowest BCUT2D eigenvalue weighted by Crippen LogP contribution is -2.15. The van der Waals surface area contributed by atoms with Crippen LogP contribution in [0.25, 0.3) is 0 Å². The van der Waals surface area contributed by atoms with Gasteiger partial charge in [0.1, 0.15) is 5.75 Å². The molecule has 0 bridgehead atoms. The highest BCUT2D eigenvalue weighted by Crippen LogP contribution is 2.28. The minimum Gasteiger partial charge on any atom is -0.454 e. The van der Waals surface area contributed by atoms with Crippen molar-refractivity contribution < 1.29 is 9.13 Å². The molecule has 0 saturated heterocycles. The van der Waals surface area contributed by atoms with E-state index in [1.807, 2.05) is 31.2 Å². The van der Waals surface area contributed by atoms with Crippen LogP contribution in [0.1, 0.15) is 24.0 Å². The van der Waals surface area contributed by atoms with Crippen molar-refractivity contribution in [3.05, 3.63) is 57.8 Å². The Balaban J connectivity index is 1.70. The van der Waals surface area contributed by atoms with E-state index in [0.717, 1.165) is 15.6 Å². The minimum atomic E-state index is -0.328. The second kappa shape index (κ2) is 6.16. The normalized spacial score (nSPS) is 14.2. The zero-order chi connectivity index (χ0) is 14.8. The van der Waals surface area contributed by atoms with E-state index < -0.39 is 0 Å². The SMILES string of the molecule is Cc1cc(Oc2ccc(CNC3CC3)cc2F)ccc1Br. The highest BCUT2D eigenvalue weighted by molar-refractivity contribution is 9.10. The van der Waals surface area contributed by atoms with Crippen LogP contribution in [-0.4, -0.2) is 6.04 Å². The summed E-state index contributed by atoms with van der Waals surface area (Å²) in [6.45, 7) is 2.68. The number of hydrogen-bond acceptors (Lipinski definition) is 2. The van der Waals surface area contributed by atoms with Crippen molar-refractivity contribution in [2.45, 2.75) is 32.4 Å². The molecule has 0 heterocycles. The first-order valence-electron chi connectivity index (χ1n) is 7.07. The van der Waals surface area contributed by atoms with Crippen LogP contribution in [0.15, 0.2) is 40.9 Å². The van der Waals surface area contributed by atoms with E-state index in [4.69, 9.17) is 4.74 Å². The zero-order valence-electron chi connectivity index (χ0n) is 11.8. The fraction of sp³-hybridized carbons (Fsp3) is 0.294. The summed E-state index contributed by atoms with van der Waals surface area (Å²) in [4.78, 5) is 0. The van der Waals surface area contributed by atoms with Gasteiger partial charge in [-0.05, 0) is 61.2 Å². The molecule has 2 aromatic rings. The van der Waals surface area contributed by atoms with Crippen molar-refractivity contribution in [2.24, 2.45) is 0 Å². The molecule has 0 radical (unpaired) electrons. The van der Waals surface area contributed by atoms with Gasteiger partial charge in [-0.3, -0.25) is 0 Å². The molecule has 2 aromatic carbocycles. The van der Waals surface area contributed by atoms with Gasteiger partial charge < -0.3 is 10.1 Å². The predicted octanol–water partition coefficient (Wildman–Crippen LogP) is 4.94. The summed E-state index contributed by atoms with van der Waals surface area (Å²) in [7, 11) is 0. The Labute approximate surface area is 132 Å². The van der Waals surface area contributed by atoms with E-state index in [1.54, 1.807) is 6.07 Å². The van der Waals surface area contributed by atoms with Gasteiger partial charge in [-0.2, -0.15) is 0 Å². The highest BCUT2D eigenvalue weighted by Gasteiger charge is 2.20. The molecule has 1 aliphatic rings. The molecule has 2 nitrogen and oxygen atoms in total. The average molecular weight is 350 g/mol. The van der Waals surface area contributed by atoms with Crippen LogP contribution in [0.3, 0.4) is 0 Å². The Morgan fingerprint density at radius 2 is 2.05 bits per heavy atom. The van der Waals surface area contributed by atoms with E-state index in [-0.39, 0.29) is 11.6 Å². The summed E-state index contributed by atoms with van der Waals surface area (Å²) in [5.41, 5.74) is 2.00. The third kappa shape index (κ3) is 3.83. The lowest BCUT2D eigenvalue weighted by Gasteiger charge is -2.10. The van der Waals surface area contributed by atoms with Gasteiger partial charge in [-0.1, -0.05) is 22.0 Å². The van der Waals surface area contributed by atoms with Crippen LogP contribution in [-0.2, 0) is 6.54 Å². The fourth-order valence-electron chi connectivity index (χ4n) is 2.09. The molecule has 1 fully saturated rings. The molecule has 0 aromatic heterocycles. The van der Waals surface area contributed by atoms with Crippen molar-refractivity contribution in [1.29, 1.82) is 0 Å². The smallest absolute Gasteiger partial charge is 0.166 e. The summed E-state index contributed by atoms with van der Waals surface area (Å²) >= 11 is 3.44. The zero-order valence-corrected chi connectivity index (χ0v) is 13.4. The molecule has 110 valence electrons. The van der Waals surface area contributed by atoms with E-state index in [0.29, 0.717) is 18.3 Å². The molecule has 0 aliphatic heterocycles. The average Bonchev–Trinajstić information content (AvgIpc) is 3.27. The maximum atomic E-state index is 14.1. The monoisotopic (exact) mass is 349 g/mol. The third-order valence-electron chi connectivity index (χ3n) is 3.53. The maximum absolute atomic E-state index is 14.1. The van der Waals surface area contributed by atoms with Gasteiger partial charge in [0, 0.05) is 17.1 Å². The van der Waals surface area contributed by atoms with Gasteiger partial charge in [0.05, 0.1) is 0 Å². The van der Waals surface area contributed by atoms with Crippen molar-refractivity contribution >= 4 is 15.9 Å². The molecule has 1 saturated carbocycles. The maximum Gasteiger partial charge on any atom is 0.166 e. The Kier molecular flexibility index (Phi) is 4.27. The van der Waals surface area contributed by atoms with Crippen molar-refractivity contribution in [2.75, 3.05) is 0 Å². The molecule has 0 unspecified atom stereocenters. The Morgan fingerprint density at radius 1 is 1.24 bits per heavy atom. The summed E-state index contributed by atoms with van der Waals surface area (Å²) in [6.07, 6.45) is 2.46. The van der Waals surface area contributed by atoms with E-state index in [9.17, 15) is 4.39 Å². The van der Waals surface area contributed by atoms with Crippen LogP contribution in [0.4, 0.5) is 4.39 Å². The highest BCUT2D eigenvalue weighted by atomic mass is 79.9. The summed E-state index contributed by atoms with van der Waals surface area (Å²) < 4.78 is 20.7. The lowest BCUT2D eigenvalue weighted by molar-refractivity contribution is 0.441. The fourth-order valence-corrected chi connectivity index (χ4v) is 2.34. The molecule has 21 heavy (non-hydrogen) atoms. The summed E-state index contributed by atoms with van der Waals surface area (Å²) in [5.74, 6) is 0.566.